The summed E-state index contributed by atoms with van der Waals surface area (Å²) in [4.78, 5) is 6.38. The average Bonchev–Trinajstić information content (AvgIpc) is 2.62. The van der Waals surface area contributed by atoms with Crippen molar-refractivity contribution in [2.75, 3.05) is 37.8 Å². The molecule has 6 heteroatoms. The standard InChI is InChI=1S/C19H25ClN2O3/c1-18(13-23)6-8-22(9-7-18)16-11-17(20)21-12-15(16)3-5-19(24)4-2-10-25-14-19/h11-12,23-24H,2,4,6-10,13-14H2,1H3. The lowest BCUT2D eigenvalue weighted by atomic mass is 9.81. The van der Waals surface area contributed by atoms with Gasteiger partial charge >= 0.3 is 0 Å². The highest BCUT2D eigenvalue weighted by Crippen LogP contribution is 2.34. The summed E-state index contributed by atoms with van der Waals surface area (Å²) in [6.45, 7) is 4.91. The van der Waals surface area contributed by atoms with Crippen molar-refractivity contribution in [3.05, 3.63) is 23.0 Å². The molecule has 1 atom stereocenters. The normalized spacial score (nSPS) is 26.0. The van der Waals surface area contributed by atoms with Crippen molar-refractivity contribution in [1.82, 2.24) is 4.98 Å². The molecule has 2 aliphatic rings. The van der Waals surface area contributed by atoms with Crippen LogP contribution in [0.15, 0.2) is 12.3 Å². The predicted octanol–water partition coefficient (Wildman–Crippen LogP) is 2.23. The van der Waals surface area contributed by atoms with E-state index < -0.39 is 5.60 Å². The molecule has 136 valence electrons. The van der Waals surface area contributed by atoms with Crippen LogP contribution in [0.25, 0.3) is 0 Å². The van der Waals surface area contributed by atoms with Crippen molar-refractivity contribution in [1.29, 1.82) is 0 Å². The molecule has 0 amide bonds. The third kappa shape index (κ3) is 4.45. The Morgan fingerprint density at radius 2 is 2.12 bits per heavy atom. The van der Waals surface area contributed by atoms with Gasteiger partial charge in [0.05, 0.1) is 17.9 Å². The number of ether oxygens (including phenoxy) is 1. The maximum atomic E-state index is 10.5. The smallest absolute Gasteiger partial charge is 0.149 e. The molecule has 1 aromatic rings. The lowest BCUT2D eigenvalue weighted by Crippen LogP contribution is -2.40. The van der Waals surface area contributed by atoms with Gasteiger partial charge in [-0.25, -0.2) is 4.98 Å². The molecular weight excluding hydrogens is 340 g/mol. The highest BCUT2D eigenvalue weighted by Gasteiger charge is 2.31. The van der Waals surface area contributed by atoms with Crippen molar-refractivity contribution in [3.8, 4) is 11.8 Å². The van der Waals surface area contributed by atoms with Crippen molar-refractivity contribution >= 4 is 17.3 Å². The summed E-state index contributed by atoms with van der Waals surface area (Å²) in [6, 6.07) is 1.83. The molecule has 0 bridgehead atoms. The van der Waals surface area contributed by atoms with Gasteiger partial charge in [-0.15, -0.1) is 0 Å². The van der Waals surface area contributed by atoms with E-state index in [1.165, 1.54) is 0 Å². The van der Waals surface area contributed by atoms with Gasteiger partial charge in [-0.3, -0.25) is 0 Å². The Labute approximate surface area is 154 Å². The highest BCUT2D eigenvalue weighted by atomic mass is 35.5. The zero-order valence-corrected chi connectivity index (χ0v) is 15.3. The van der Waals surface area contributed by atoms with Crippen LogP contribution >= 0.6 is 11.6 Å². The SMILES string of the molecule is CC1(CO)CCN(c2cc(Cl)ncc2C#CC2(O)CCCOC2)CC1. The number of aromatic nitrogens is 1. The van der Waals surface area contributed by atoms with Crippen LogP contribution in [0, 0.1) is 17.3 Å². The zero-order chi connectivity index (χ0) is 17.9. The van der Waals surface area contributed by atoms with Gasteiger partial charge in [0.1, 0.15) is 10.8 Å². The third-order valence-electron chi connectivity index (χ3n) is 5.19. The van der Waals surface area contributed by atoms with Crippen LogP contribution in [0.4, 0.5) is 5.69 Å². The van der Waals surface area contributed by atoms with E-state index in [1.807, 2.05) is 6.07 Å². The van der Waals surface area contributed by atoms with Gasteiger partial charge in [0.25, 0.3) is 0 Å². The average molecular weight is 365 g/mol. The number of hydrogen-bond acceptors (Lipinski definition) is 5. The molecule has 0 spiro atoms. The monoisotopic (exact) mass is 364 g/mol. The fraction of sp³-hybridized carbons (Fsp3) is 0.632. The minimum atomic E-state index is -1.09. The van der Waals surface area contributed by atoms with Crippen molar-refractivity contribution in [2.45, 2.75) is 38.2 Å². The summed E-state index contributed by atoms with van der Waals surface area (Å²) in [5.41, 5.74) is 0.587. The van der Waals surface area contributed by atoms with Gasteiger partial charge in [-0.2, -0.15) is 0 Å². The molecule has 3 heterocycles. The molecule has 2 N–H and O–H groups in total. The Kier molecular flexibility index (Phi) is 5.55. The van der Waals surface area contributed by atoms with Crippen LogP contribution in [-0.4, -0.2) is 53.7 Å². The summed E-state index contributed by atoms with van der Waals surface area (Å²) in [5, 5.41) is 20.5. The Bertz CT molecular complexity index is 669. The maximum Gasteiger partial charge on any atom is 0.149 e. The fourth-order valence-corrected chi connectivity index (χ4v) is 3.44. The van der Waals surface area contributed by atoms with Crippen LogP contribution in [0.1, 0.15) is 38.2 Å². The lowest BCUT2D eigenvalue weighted by molar-refractivity contribution is -0.0480. The first kappa shape index (κ1) is 18.5. The second kappa shape index (κ2) is 7.51. The third-order valence-corrected chi connectivity index (χ3v) is 5.40. The topological polar surface area (TPSA) is 65.8 Å². The molecule has 3 rings (SSSR count). The van der Waals surface area contributed by atoms with E-state index in [0.29, 0.717) is 18.2 Å². The molecule has 0 aliphatic carbocycles. The van der Waals surface area contributed by atoms with Crippen LogP contribution in [0.2, 0.25) is 5.15 Å². The minimum absolute atomic E-state index is 0.0201. The van der Waals surface area contributed by atoms with Gasteiger partial charge in [0.2, 0.25) is 0 Å². The second-order valence-corrected chi connectivity index (χ2v) is 7.80. The van der Waals surface area contributed by atoms with Crippen LogP contribution in [0.3, 0.4) is 0 Å². The molecule has 2 aliphatic heterocycles. The number of aliphatic hydroxyl groups is 2. The van der Waals surface area contributed by atoms with Gasteiger partial charge in [-0.1, -0.05) is 30.4 Å². The van der Waals surface area contributed by atoms with Gasteiger partial charge in [-0.05, 0) is 31.1 Å². The number of hydrogen-bond donors (Lipinski definition) is 2. The van der Waals surface area contributed by atoms with Crippen LogP contribution in [0.5, 0.6) is 0 Å². The van der Waals surface area contributed by atoms with Crippen LogP contribution < -0.4 is 4.90 Å². The maximum absolute atomic E-state index is 10.5. The number of piperidine rings is 1. The molecule has 1 unspecified atom stereocenters. The van der Waals surface area contributed by atoms with Crippen LogP contribution in [-0.2, 0) is 4.74 Å². The first-order chi connectivity index (χ1) is 11.9. The number of rotatable bonds is 2. The molecule has 0 aromatic carbocycles. The Hall–Kier alpha value is -1.32. The summed E-state index contributed by atoms with van der Waals surface area (Å²) < 4.78 is 5.35. The van der Waals surface area contributed by atoms with Gasteiger partial charge < -0.3 is 19.8 Å². The molecule has 1 aromatic heterocycles. The molecule has 25 heavy (non-hydrogen) atoms. The van der Waals surface area contributed by atoms with Gasteiger partial charge in [0, 0.05) is 38.6 Å². The largest absolute Gasteiger partial charge is 0.396 e. The predicted molar refractivity (Wildman–Crippen MR) is 97.8 cm³/mol. The molecule has 2 fully saturated rings. The van der Waals surface area contributed by atoms with E-state index in [1.54, 1.807) is 6.20 Å². The first-order valence-corrected chi connectivity index (χ1v) is 9.16. The van der Waals surface area contributed by atoms with E-state index in [0.717, 1.165) is 43.6 Å². The van der Waals surface area contributed by atoms with E-state index in [9.17, 15) is 10.2 Å². The van der Waals surface area contributed by atoms with Crippen molar-refractivity contribution in [3.63, 3.8) is 0 Å². The molecular formula is C19H25ClN2O3. The number of anilines is 1. The first-order valence-electron chi connectivity index (χ1n) is 8.78. The van der Waals surface area contributed by atoms with E-state index >= 15 is 0 Å². The van der Waals surface area contributed by atoms with E-state index in [4.69, 9.17) is 16.3 Å². The second-order valence-electron chi connectivity index (χ2n) is 7.42. The Morgan fingerprint density at radius 3 is 2.76 bits per heavy atom. The fourth-order valence-electron chi connectivity index (χ4n) is 3.29. The number of pyridine rings is 1. The molecule has 5 nitrogen and oxygen atoms in total. The summed E-state index contributed by atoms with van der Waals surface area (Å²) >= 11 is 6.10. The van der Waals surface area contributed by atoms with Gasteiger partial charge in [0.15, 0.2) is 0 Å². The summed E-state index contributed by atoms with van der Waals surface area (Å²) in [7, 11) is 0. The molecule has 2 saturated heterocycles. The number of nitrogens with zero attached hydrogens (tertiary/aromatic N) is 2. The quantitative estimate of drug-likeness (QED) is 0.622. The number of aliphatic hydroxyl groups excluding tert-OH is 1. The number of halogens is 1. The Morgan fingerprint density at radius 1 is 1.36 bits per heavy atom. The van der Waals surface area contributed by atoms with Crippen molar-refractivity contribution < 1.29 is 14.9 Å². The van der Waals surface area contributed by atoms with Crippen molar-refractivity contribution in [2.24, 2.45) is 5.41 Å². The lowest BCUT2D eigenvalue weighted by Gasteiger charge is -2.39. The summed E-state index contributed by atoms with van der Waals surface area (Å²) in [5.74, 6) is 6.06. The molecule has 0 saturated carbocycles. The highest BCUT2D eigenvalue weighted by molar-refractivity contribution is 6.29. The zero-order valence-electron chi connectivity index (χ0n) is 14.6. The Balaban J connectivity index is 1.82. The summed E-state index contributed by atoms with van der Waals surface area (Å²) in [6.07, 6.45) is 4.91. The van der Waals surface area contributed by atoms with E-state index in [2.05, 4.69) is 28.6 Å². The minimum Gasteiger partial charge on any atom is -0.396 e. The molecule has 0 radical (unpaired) electrons. The van der Waals surface area contributed by atoms with E-state index in [-0.39, 0.29) is 18.6 Å².